The normalized spacial score (nSPS) is 18.7. The fourth-order valence-corrected chi connectivity index (χ4v) is 4.35. The SMILES string of the molecule is CC1=C(C(=O)OCCc2ccccc2)C(c2ccc(Cl)cc2)C2=C(CCCC2=O)N1. The summed E-state index contributed by atoms with van der Waals surface area (Å²) in [6.07, 6.45) is 2.77. The highest BCUT2D eigenvalue weighted by Gasteiger charge is 2.39. The van der Waals surface area contributed by atoms with Crippen molar-refractivity contribution >= 4 is 23.4 Å². The molecule has 1 N–H and O–H groups in total. The van der Waals surface area contributed by atoms with Crippen molar-refractivity contribution in [3.63, 3.8) is 0 Å². The van der Waals surface area contributed by atoms with E-state index in [2.05, 4.69) is 5.32 Å². The molecule has 1 heterocycles. The number of esters is 1. The second kappa shape index (κ2) is 8.88. The lowest BCUT2D eigenvalue weighted by atomic mass is 9.75. The number of hydrogen-bond acceptors (Lipinski definition) is 4. The van der Waals surface area contributed by atoms with E-state index >= 15 is 0 Å². The van der Waals surface area contributed by atoms with Crippen molar-refractivity contribution in [2.75, 3.05) is 6.61 Å². The molecule has 1 aliphatic carbocycles. The first kappa shape index (κ1) is 20.4. The van der Waals surface area contributed by atoms with E-state index in [9.17, 15) is 9.59 Å². The van der Waals surface area contributed by atoms with E-state index in [0.29, 0.717) is 29.0 Å². The molecular formula is C25H24ClNO3. The minimum Gasteiger partial charge on any atom is -0.462 e. The van der Waals surface area contributed by atoms with E-state index < -0.39 is 5.92 Å². The first-order valence-corrected chi connectivity index (χ1v) is 10.6. The third-order valence-electron chi connectivity index (χ3n) is 5.67. The fourth-order valence-electron chi connectivity index (χ4n) is 4.23. The minimum absolute atomic E-state index is 0.0887. The number of carbonyl (C=O) groups is 2. The average molecular weight is 422 g/mol. The molecule has 2 aromatic rings. The molecule has 5 heteroatoms. The highest BCUT2D eigenvalue weighted by Crippen LogP contribution is 2.42. The summed E-state index contributed by atoms with van der Waals surface area (Å²) >= 11 is 6.08. The van der Waals surface area contributed by atoms with Gasteiger partial charge in [-0.3, -0.25) is 4.79 Å². The fraction of sp³-hybridized carbons (Fsp3) is 0.280. The first-order valence-electron chi connectivity index (χ1n) is 10.2. The molecule has 0 aromatic heterocycles. The van der Waals surface area contributed by atoms with Gasteiger partial charge in [-0.05, 0) is 43.0 Å². The quantitative estimate of drug-likeness (QED) is 0.683. The first-order chi connectivity index (χ1) is 14.5. The van der Waals surface area contributed by atoms with Crippen LogP contribution in [-0.2, 0) is 20.7 Å². The maximum atomic E-state index is 13.2. The molecule has 1 unspecified atom stereocenters. The third-order valence-corrected chi connectivity index (χ3v) is 5.92. The Morgan fingerprint density at radius 1 is 1.10 bits per heavy atom. The number of benzene rings is 2. The molecule has 0 saturated carbocycles. The number of allylic oxidation sites excluding steroid dienone is 3. The van der Waals surface area contributed by atoms with Crippen LogP contribution in [0, 0.1) is 0 Å². The van der Waals surface area contributed by atoms with Gasteiger partial charge in [-0.15, -0.1) is 0 Å². The van der Waals surface area contributed by atoms with Crippen LogP contribution >= 0.6 is 11.6 Å². The number of nitrogens with one attached hydrogen (secondary N) is 1. The molecule has 0 amide bonds. The standard InChI is InChI=1S/C25H24ClNO3/c1-16-22(25(29)30-15-14-17-6-3-2-4-7-17)23(18-10-12-19(26)13-11-18)24-20(27-16)8-5-9-21(24)28/h2-4,6-7,10-13,23,27H,5,8-9,14-15H2,1H3. The van der Waals surface area contributed by atoms with E-state index in [4.69, 9.17) is 16.3 Å². The van der Waals surface area contributed by atoms with Crippen molar-refractivity contribution < 1.29 is 14.3 Å². The number of rotatable bonds is 5. The summed E-state index contributed by atoms with van der Waals surface area (Å²) in [4.78, 5) is 26.0. The lowest BCUT2D eigenvalue weighted by Crippen LogP contribution is -2.34. The minimum atomic E-state index is -0.435. The third kappa shape index (κ3) is 4.19. The summed E-state index contributed by atoms with van der Waals surface area (Å²) in [5.74, 6) is -0.734. The van der Waals surface area contributed by atoms with E-state index in [0.717, 1.165) is 35.4 Å². The number of carbonyl (C=O) groups excluding carboxylic acids is 2. The summed E-state index contributed by atoms with van der Waals surface area (Å²) in [5, 5.41) is 3.93. The van der Waals surface area contributed by atoms with Gasteiger partial charge in [0.15, 0.2) is 5.78 Å². The van der Waals surface area contributed by atoms with Gasteiger partial charge in [0.2, 0.25) is 0 Å². The maximum Gasteiger partial charge on any atom is 0.336 e. The molecule has 2 aliphatic rings. The van der Waals surface area contributed by atoms with Crippen LogP contribution in [0.25, 0.3) is 0 Å². The number of Topliss-reactive ketones (excluding diaryl/α,β-unsaturated/α-hetero) is 1. The Bertz CT molecular complexity index is 1020. The molecule has 0 spiro atoms. The van der Waals surface area contributed by atoms with E-state index in [-0.39, 0.29) is 18.4 Å². The number of halogens is 1. The lowest BCUT2D eigenvalue weighted by molar-refractivity contribution is -0.139. The molecule has 1 atom stereocenters. The van der Waals surface area contributed by atoms with Crippen LogP contribution in [0.15, 0.2) is 77.1 Å². The van der Waals surface area contributed by atoms with Crippen LogP contribution in [0.3, 0.4) is 0 Å². The number of ketones is 1. The molecule has 0 fully saturated rings. The van der Waals surface area contributed by atoms with E-state index in [1.165, 1.54) is 0 Å². The van der Waals surface area contributed by atoms with Crippen molar-refractivity contribution in [2.45, 2.75) is 38.5 Å². The second-order valence-corrected chi connectivity index (χ2v) is 8.13. The predicted octanol–water partition coefficient (Wildman–Crippen LogP) is 5.09. The highest BCUT2D eigenvalue weighted by atomic mass is 35.5. The molecule has 30 heavy (non-hydrogen) atoms. The second-order valence-electron chi connectivity index (χ2n) is 7.69. The number of dihydropyridines is 1. The van der Waals surface area contributed by atoms with Gasteiger partial charge in [-0.2, -0.15) is 0 Å². The van der Waals surface area contributed by atoms with E-state index in [1.807, 2.05) is 49.4 Å². The van der Waals surface area contributed by atoms with Crippen LogP contribution in [-0.4, -0.2) is 18.4 Å². The summed E-state index contributed by atoms with van der Waals surface area (Å²) in [6, 6.07) is 17.3. The Balaban J connectivity index is 1.63. The highest BCUT2D eigenvalue weighted by molar-refractivity contribution is 6.30. The number of ether oxygens (including phenoxy) is 1. The van der Waals surface area contributed by atoms with Gasteiger partial charge in [-0.25, -0.2) is 4.79 Å². The summed E-state index contributed by atoms with van der Waals surface area (Å²) < 4.78 is 5.65. The van der Waals surface area contributed by atoms with Gasteiger partial charge in [0.05, 0.1) is 12.2 Å². The Morgan fingerprint density at radius 3 is 2.57 bits per heavy atom. The Morgan fingerprint density at radius 2 is 1.83 bits per heavy atom. The van der Waals surface area contributed by atoms with Crippen molar-refractivity contribution in [1.29, 1.82) is 0 Å². The summed E-state index contributed by atoms with van der Waals surface area (Å²) in [5.41, 5.74) is 4.83. The van der Waals surface area contributed by atoms with Gasteiger partial charge < -0.3 is 10.1 Å². The molecule has 1 aliphatic heterocycles. The van der Waals surface area contributed by atoms with E-state index in [1.54, 1.807) is 12.1 Å². The Kier molecular flexibility index (Phi) is 6.05. The molecule has 4 rings (SSSR count). The summed E-state index contributed by atoms with van der Waals surface area (Å²) in [7, 11) is 0. The molecule has 4 nitrogen and oxygen atoms in total. The Hall–Kier alpha value is -2.85. The summed E-state index contributed by atoms with van der Waals surface area (Å²) in [6.45, 7) is 2.16. The predicted molar refractivity (Wildman–Crippen MR) is 117 cm³/mol. The zero-order chi connectivity index (χ0) is 21.1. The molecular weight excluding hydrogens is 398 g/mol. The largest absolute Gasteiger partial charge is 0.462 e. The molecule has 0 bridgehead atoms. The van der Waals surface area contributed by atoms with Gasteiger partial charge in [0.1, 0.15) is 0 Å². The maximum absolute atomic E-state index is 13.2. The Labute approximate surface area is 181 Å². The zero-order valence-corrected chi connectivity index (χ0v) is 17.7. The van der Waals surface area contributed by atoms with Crippen molar-refractivity contribution in [3.8, 4) is 0 Å². The monoisotopic (exact) mass is 421 g/mol. The van der Waals surface area contributed by atoms with Gasteiger partial charge in [-0.1, -0.05) is 54.1 Å². The van der Waals surface area contributed by atoms with Crippen LogP contribution in [0.2, 0.25) is 5.02 Å². The van der Waals surface area contributed by atoms with Crippen LogP contribution in [0.5, 0.6) is 0 Å². The van der Waals surface area contributed by atoms with Crippen LogP contribution in [0.4, 0.5) is 0 Å². The van der Waals surface area contributed by atoms with Crippen molar-refractivity contribution in [3.05, 3.63) is 93.3 Å². The average Bonchev–Trinajstić information content (AvgIpc) is 2.74. The molecule has 0 saturated heterocycles. The van der Waals surface area contributed by atoms with Crippen LogP contribution in [0.1, 0.15) is 43.2 Å². The molecule has 154 valence electrons. The molecule has 0 radical (unpaired) electrons. The lowest BCUT2D eigenvalue weighted by Gasteiger charge is -2.34. The van der Waals surface area contributed by atoms with Gasteiger partial charge in [0, 0.05) is 40.7 Å². The zero-order valence-electron chi connectivity index (χ0n) is 16.9. The van der Waals surface area contributed by atoms with Crippen LogP contribution < -0.4 is 5.32 Å². The van der Waals surface area contributed by atoms with Crippen molar-refractivity contribution in [2.24, 2.45) is 0 Å². The molecule has 2 aromatic carbocycles. The van der Waals surface area contributed by atoms with Gasteiger partial charge >= 0.3 is 5.97 Å². The smallest absolute Gasteiger partial charge is 0.336 e. The topological polar surface area (TPSA) is 55.4 Å². The number of hydrogen-bond donors (Lipinski definition) is 1. The van der Waals surface area contributed by atoms with Crippen molar-refractivity contribution in [1.82, 2.24) is 5.32 Å². The van der Waals surface area contributed by atoms with Gasteiger partial charge in [0.25, 0.3) is 0 Å².